The van der Waals surface area contributed by atoms with Gasteiger partial charge in [0.25, 0.3) is 0 Å². The zero-order valence-corrected chi connectivity index (χ0v) is 24.1. The lowest BCUT2D eigenvalue weighted by Gasteiger charge is -2.33. The molecule has 4 atom stereocenters. The third-order valence-corrected chi connectivity index (χ3v) is 7.91. The Morgan fingerprint density at radius 1 is 0.950 bits per heavy atom. The van der Waals surface area contributed by atoms with Crippen molar-refractivity contribution in [3.8, 4) is 0 Å². The molecular weight excluding hydrogens is 543 g/mol. The molecule has 2 aromatic rings. The van der Waals surface area contributed by atoms with Crippen LogP contribution >= 0.6 is 7.60 Å². The molecule has 11 nitrogen and oxygen atoms in total. The molecule has 0 N–H and O–H groups in total. The van der Waals surface area contributed by atoms with Crippen LogP contribution < -0.4 is 0 Å². The molecule has 1 aliphatic heterocycles. The van der Waals surface area contributed by atoms with Gasteiger partial charge in [-0.3, -0.25) is 9.36 Å². The Kier molecular flexibility index (Phi) is 11.0. The average Bonchev–Trinajstić information content (AvgIpc) is 3.16. The van der Waals surface area contributed by atoms with Gasteiger partial charge in [0.05, 0.1) is 24.3 Å². The first kappa shape index (κ1) is 31.4. The first-order valence-corrected chi connectivity index (χ1v) is 14.6. The summed E-state index contributed by atoms with van der Waals surface area (Å²) in [5.41, 5.74) is -0.388. The smallest absolute Gasteiger partial charge is 0.356 e. The van der Waals surface area contributed by atoms with E-state index in [1.807, 2.05) is 0 Å². The minimum atomic E-state index is -3.68. The van der Waals surface area contributed by atoms with E-state index in [1.165, 1.54) is 13.8 Å². The molecule has 1 aliphatic rings. The van der Waals surface area contributed by atoms with E-state index in [0.29, 0.717) is 11.1 Å². The molecule has 2 unspecified atom stereocenters. The fourth-order valence-corrected chi connectivity index (χ4v) is 5.50. The van der Waals surface area contributed by atoms with Crippen molar-refractivity contribution in [2.24, 2.45) is 0 Å². The van der Waals surface area contributed by atoms with Crippen LogP contribution in [0.2, 0.25) is 0 Å². The summed E-state index contributed by atoms with van der Waals surface area (Å²) in [4.78, 5) is 38.1. The van der Waals surface area contributed by atoms with E-state index in [9.17, 15) is 18.9 Å². The molecule has 0 saturated carbocycles. The molecule has 0 aromatic heterocycles. The van der Waals surface area contributed by atoms with Gasteiger partial charge < -0.3 is 32.7 Å². The van der Waals surface area contributed by atoms with Gasteiger partial charge in [0.15, 0.2) is 24.3 Å². The van der Waals surface area contributed by atoms with Crippen LogP contribution in [0.3, 0.4) is 0 Å². The summed E-state index contributed by atoms with van der Waals surface area (Å²) < 4.78 is 52.3. The molecule has 3 rings (SSSR count). The van der Waals surface area contributed by atoms with Crippen molar-refractivity contribution in [2.75, 3.05) is 26.2 Å². The van der Waals surface area contributed by atoms with Gasteiger partial charge in [-0.1, -0.05) is 36.4 Å². The lowest BCUT2D eigenvalue weighted by molar-refractivity contribution is -0.185. The van der Waals surface area contributed by atoms with E-state index in [-0.39, 0.29) is 25.4 Å². The van der Waals surface area contributed by atoms with E-state index in [0.717, 1.165) is 0 Å². The maximum atomic E-state index is 13.1. The minimum absolute atomic E-state index is 0.101. The fraction of sp³-hybridized carbons (Fsp3) is 0.464. The number of hydrogen-bond donors (Lipinski definition) is 0. The highest BCUT2D eigenvalue weighted by atomic mass is 31.2. The molecule has 218 valence electrons. The summed E-state index contributed by atoms with van der Waals surface area (Å²) in [6.07, 6.45) is -4.36. The zero-order valence-electron chi connectivity index (χ0n) is 23.2. The Labute approximate surface area is 233 Å². The maximum absolute atomic E-state index is 13.1. The third-order valence-electron chi connectivity index (χ3n) is 6.14. The number of hydrogen-bond acceptors (Lipinski definition) is 11. The second kappa shape index (κ2) is 14.0. The number of rotatable bonds is 13. The van der Waals surface area contributed by atoms with Crippen molar-refractivity contribution >= 4 is 25.5 Å². The summed E-state index contributed by atoms with van der Waals surface area (Å²) in [7, 11) is -3.68. The average molecular weight is 579 g/mol. The highest BCUT2D eigenvalue weighted by Gasteiger charge is 2.60. The lowest BCUT2D eigenvalue weighted by atomic mass is 9.94. The first-order chi connectivity index (χ1) is 19.0. The molecule has 2 aromatic carbocycles. The van der Waals surface area contributed by atoms with Crippen LogP contribution in [-0.4, -0.2) is 68.2 Å². The molecule has 0 spiro atoms. The Bertz CT molecular complexity index is 1210. The van der Waals surface area contributed by atoms with Crippen LogP contribution in [0.25, 0.3) is 0 Å². The van der Waals surface area contributed by atoms with Crippen LogP contribution in [0, 0.1) is 6.92 Å². The van der Waals surface area contributed by atoms with Crippen LogP contribution in [0.5, 0.6) is 0 Å². The van der Waals surface area contributed by atoms with Gasteiger partial charge in [-0.15, -0.1) is 0 Å². The number of aryl methyl sites for hydroxylation is 1. The highest BCUT2D eigenvalue weighted by Crippen LogP contribution is 2.49. The molecule has 40 heavy (non-hydrogen) atoms. The van der Waals surface area contributed by atoms with E-state index in [1.54, 1.807) is 75.4 Å². The van der Waals surface area contributed by atoms with Crippen molar-refractivity contribution in [1.29, 1.82) is 0 Å². The van der Waals surface area contributed by atoms with E-state index >= 15 is 0 Å². The Morgan fingerprint density at radius 3 is 2.17 bits per heavy atom. The van der Waals surface area contributed by atoms with Crippen molar-refractivity contribution in [1.82, 2.24) is 0 Å². The summed E-state index contributed by atoms with van der Waals surface area (Å²) in [6, 6.07) is 15.1. The number of carbonyl (C=O) groups excluding carboxylic acids is 3. The predicted molar refractivity (Wildman–Crippen MR) is 143 cm³/mol. The summed E-state index contributed by atoms with van der Waals surface area (Å²) in [5.74, 6) is -2.06. The number of ether oxygens (including phenoxy) is 5. The quantitative estimate of drug-likeness (QED) is 0.187. The monoisotopic (exact) mass is 578 g/mol. The summed E-state index contributed by atoms with van der Waals surface area (Å²) >= 11 is 0. The molecule has 12 heteroatoms. The number of carbonyl (C=O) groups is 3. The highest BCUT2D eigenvalue weighted by molar-refractivity contribution is 7.53. The molecule has 1 heterocycles. The largest absolute Gasteiger partial charge is 0.459 e. The van der Waals surface area contributed by atoms with Crippen LogP contribution in [-0.2, 0) is 42.1 Å². The summed E-state index contributed by atoms with van der Waals surface area (Å²) in [5, 5.41) is 0. The minimum Gasteiger partial charge on any atom is -0.459 e. The zero-order chi connectivity index (χ0) is 29.3. The second-order valence-corrected chi connectivity index (χ2v) is 11.1. The number of benzene rings is 2. The molecule has 0 aliphatic carbocycles. The van der Waals surface area contributed by atoms with Gasteiger partial charge in [-0.05, 0) is 51.5 Å². The van der Waals surface area contributed by atoms with Crippen molar-refractivity contribution < 1.29 is 51.7 Å². The van der Waals surface area contributed by atoms with Crippen molar-refractivity contribution in [3.63, 3.8) is 0 Å². The summed E-state index contributed by atoms with van der Waals surface area (Å²) in [6.45, 7) is 7.56. The van der Waals surface area contributed by atoms with E-state index < -0.39 is 56.0 Å². The van der Waals surface area contributed by atoms with Gasteiger partial charge in [0.1, 0.15) is 12.7 Å². The van der Waals surface area contributed by atoms with Gasteiger partial charge in [0, 0.05) is 6.92 Å². The maximum Gasteiger partial charge on any atom is 0.356 e. The van der Waals surface area contributed by atoms with Crippen molar-refractivity contribution in [2.45, 2.75) is 58.7 Å². The molecule has 1 fully saturated rings. The molecule has 0 amide bonds. The van der Waals surface area contributed by atoms with Gasteiger partial charge >= 0.3 is 25.5 Å². The number of esters is 3. The second-order valence-electron chi connectivity index (χ2n) is 9.12. The molecule has 1 saturated heterocycles. The first-order valence-electron chi connectivity index (χ1n) is 12.9. The fourth-order valence-electron chi connectivity index (χ4n) is 4.16. The Hall–Kier alpha value is -3.08. The lowest BCUT2D eigenvalue weighted by Crippen LogP contribution is -2.52. The van der Waals surface area contributed by atoms with E-state index in [2.05, 4.69) is 0 Å². The van der Waals surface area contributed by atoms with Gasteiger partial charge in [-0.2, -0.15) is 0 Å². The van der Waals surface area contributed by atoms with Gasteiger partial charge in [0.2, 0.25) is 0 Å². The molecule has 0 bridgehead atoms. The predicted octanol–water partition coefficient (Wildman–Crippen LogP) is 4.66. The van der Waals surface area contributed by atoms with Crippen LogP contribution in [0.4, 0.5) is 0 Å². The Morgan fingerprint density at radius 2 is 1.57 bits per heavy atom. The SMILES string of the molecule is CCOP(=O)(CO[C@H]1O[C@@H](COC(=O)c2ccccc2C)C(C)(OC(=O)c2ccccc2)C1OC(C)=O)OCC. The normalized spacial score (nSPS) is 22.5. The third kappa shape index (κ3) is 7.77. The molecule has 0 radical (unpaired) electrons. The van der Waals surface area contributed by atoms with Crippen LogP contribution in [0.1, 0.15) is 54.0 Å². The molecular formula is C28H35O11P. The van der Waals surface area contributed by atoms with Crippen LogP contribution in [0.15, 0.2) is 54.6 Å². The topological polar surface area (TPSA) is 133 Å². The standard InChI is InChI=1S/C28H35O11P/c1-6-35-40(32,36-7-2)18-34-27-24(37-20(4)29)28(5,39-25(30)21-14-9-8-10-15-21)23(38-27)17-33-26(31)22-16-12-11-13-19(22)3/h8-16,23-24,27H,6-7,17-18H2,1-5H3/t23-,24?,27-,28?/m0/s1. The van der Waals surface area contributed by atoms with Gasteiger partial charge in [-0.25, -0.2) is 9.59 Å². The van der Waals surface area contributed by atoms with E-state index in [4.69, 9.17) is 32.7 Å². The van der Waals surface area contributed by atoms with Crippen molar-refractivity contribution in [3.05, 3.63) is 71.3 Å². The Balaban J connectivity index is 1.91.